The monoisotopic (exact) mass is 369 g/mol. The number of hydrogen-bond acceptors (Lipinski definition) is 5. The van der Waals surface area contributed by atoms with Gasteiger partial charge in [0.25, 0.3) is 0 Å². The lowest BCUT2D eigenvalue weighted by Crippen LogP contribution is -2.53. The van der Waals surface area contributed by atoms with E-state index in [-0.39, 0.29) is 6.04 Å². The highest BCUT2D eigenvalue weighted by Gasteiger charge is 2.33. The molecule has 0 radical (unpaired) electrons. The second-order valence-corrected chi connectivity index (χ2v) is 8.86. The van der Waals surface area contributed by atoms with E-state index >= 15 is 0 Å². The normalized spacial score (nSPS) is 23.9. The molecule has 0 unspecified atom stereocenters. The Kier molecular flexibility index (Phi) is 5.27. The van der Waals surface area contributed by atoms with E-state index in [2.05, 4.69) is 15.1 Å². The molecule has 8 heteroatoms. The second-order valence-electron chi connectivity index (χ2n) is 6.24. The van der Waals surface area contributed by atoms with Gasteiger partial charge < -0.3 is 15.0 Å². The van der Waals surface area contributed by atoms with Crippen LogP contribution in [0.5, 0.6) is 5.75 Å². The molecule has 1 atom stereocenters. The van der Waals surface area contributed by atoms with Crippen molar-refractivity contribution in [2.75, 3.05) is 50.1 Å². The zero-order chi connectivity index (χ0) is 17.2. The van der Waals surface area contributed by atoms with E-state index in [9.17, 15) is 8.42 Å². The molecule has 0 aliphatic carbocycles. The Morgan fingerprint density at radius 3 is 2.67 bits per heavy atom. The number of piperazine rings is 1. The summed E-state index contributed by atoms with van der Waals surface area (Å²) in [5.74, 6) is 1.42. The van der Waals surface area contributed by atoms with E-state index in [0.717, 1.165) is 44.0 Å². The summed E-state index contributed by atoms with van der Waals surface area (Å²) in [6.45, 7) is 3.32. The topological polar surface area (TPSA) is 61.9 Å². The van der Waals surface area contributed by atoms with Gasteiger partial charge in [-0.15, -0.1) is 0 Å². The molecule has 1 N–H and O–H groups in total. The maximum atomic E-state index is 11.6. The molecule has 132 valence electrons. The maximum absolute atomic E-state index is 11.6. The lowest BCUT2D eigenvalue weighted by molar-refractivity contribution is 0.144. The molecule has 2 fully saturated rings. The Morgan fingerprint density at radius 1 is 1.29 bits per heavy atom. The number of nitrogens with zero attached hydrogens (tertiary/aromatic N) is 2. The van der Waals surface area contributed by atoms with Crippen LogP contribution in [0.3, 0.4) is 0 Å². The number of sulfone groups is 1. The molecule has 2 aliphatic heterocycles. The van der Waals surface area contributed by atoms with Crippen molar-refractivity contribution >= 4 is 32.9 Å². The first-order chi connectivity index (χ1) is 11.5. The maximum Gasteiger partial charge on any atom is 0.173 e. The van der Waals surface area contributed by atoms with E-state index in [1.807, 2.05) is 24.3 Å². The van der Waals surface area contributed by atoms with E-state index in [1.165, 1.54) is 0 Å². The van der Waals surface area contributed by atoms with Gasteiger partial charge in [-0.3, -0.25) is 4.90 Å². The molecule has 2 heterocycles. The lowest BCUT2D eigenvalue weighted by Gasteiger charge is -2.38. The lowest BCUT2D eigenvalue weighted by atomic mass is 10.2. The van der Waals surface area contributed by atoms with Crippen LogP contribution in [0.4, 0.5) is 5.69 Å². The minimum atomic E-state index is -2.83. The van der Waals surface area contributed by atoms with Gasteiger partial charge in [0.15, 0.2) is 14.9 Å². The van der Waals surface area contributed by atoms with Crippen molar-refractivity contribution in [1.82, 2.24) is 9.80 Å². The Morgan fingerprint density at radius 2 is 2.04 bits per heavy atom. The SMILES string of the molecule is COc1cccc(NC(=S)N2CCN([C@H]3CCS(=O)(=O)C3)CC2)c1. The highest BCUT2D eigenvalue weighted by Crippen LogP contribution is 2.20. The first kappa shape index (κ1) is 17.4. The average molecular weight is 370 g/mol. The van der Waals surface area contributed by atoms with Crippen LogP contribution in [0.1, 0.15) is 6.42 Å². The summed E-state index contributed by atoms with van der Waals surface area (Å²) < 4.78 is 28.5. The van der Waals surface area contributed by atoms with Gasteiger partial charge in [-0.25, -0.2) is 8.42 Å². The van der Waals surface area contributed by atoms with Gasteiger partial charge in [-0.05, 0) is 30.8 Å². The van der Waals surface area contributed by atoms with Gasteiger partial charge >= 0.3 is 0 Å². The summed E-state index contributed by atoms with van der Waals surface area (Å²) in [6.07, 6.45) is 0.759. The smallest absolute Gasteiger partial charge is 0.173 e. The molecule has 24 heavy (non-hydrogen) atoms. The minimum Gasteiger partial charge on any atom is -0.497 e. The van der Waals surface area contributed by atoms with Crippen LogP contribution in [0.15, 0.2) is 24.3 Å². The Balaban J connectivity index is 1.52. The summed E-state index contributed by atoms with van der Waals surface area (Å²) in [5.41, 5.74) is 0.906. The number of rotatable bonds is 3. The summed E-state index contributed by atoms with van der Waals surface area (Å²) in [7, 11) is -1.19. The first-order valence-electron chi connectivity index (χ1n) is 8.11. The minimum absolute atomic E-state index is 0.178. The molecule has 2 saturated heterocycles. The third kappa shape index (κ3) is 4.17. The van der Waals surface area contributed by atoms with Crippen molar-refractivity contribution in [2.24, 2.45) is 0 Å². The summed E-state index contributed by atoms with van der Waals surface area (Å²) in [5, 5.41) is 3.94. The summed E-state index contributed by atoms with van der Waals surface area (Å²) in [6, 6.07) is 7.85. The fourth-order valence-electron chi connectivity index (χ4n) is 3.26. The Labute approximate surface area is 148 Å². The average Bonchev–Trinajstić information content (AvgIpc) is 2.95. The van der Waals surface area contributed by atoms with Crippen LogP contribution >= 0.6 is 12.2 Å². The van der Waals surface area contributed by atoms with Gasteiger partial charge in [0, 0.05) is 44.0 Å². The molecule has 0 saturated carbocycles. The number of thiocarbonyl (C=S) groups is 1. The van der Waals surface area contributed by atoms with Crippen LogP contribution in [0.25, 0.3) is 0 Å². The zero-order valence-electron chi connectivity index (χ0n) is 13.8. The van der Waals surface area contributed by atoms with Gasteiger partial charge in [0.2, 0.25) is 0 Å². The van der Waals surface area contributed by atoms with E-state index in [4.69, 9.17) is 17.0 Å². The van der Waals surface area contributed by atoms with Crippen LogP contribution in [-0.2, 0) is 9.84 Å². The Hall–Kier alpha value is -1.38. The van der Waals surface area contributed by atoms with Crippen molar-refractivity contribution in [2.45, 2.75) is 12.5 Å². The fraction of sp³-hybridized carbons (Fsp3) is 0.562. The van der Waals surface area contributed by atoms with Crippen molar-refractivity contribution < 1.29 is 13.2 Å². The van der Waals surface area contributed by atoms with Gasteiger partial charge in [0.05, 0.1) is 18.6 Å². The van der Waals surface area contributed by atoms with Crippen molar-refractivity contribution in [3.8, 4) is 5.75 Å². The zero-order valence-corrected chi connectivity index (χ0v) is 15.4. The largest absolute Gasteiger partial charge is 0.497 e. The fourth-order valence-corrected chi connectivity index (χ4v) is 5.32. The number of nitrogens with one attached hydrogen (secondary N) is 1. The molecule has 0 bridgehead atoms. The molecule has 1 aromatic carbocycles. The molecular weight excluding hydrogens is 346 g/mol. The molecule has 2 aliphatic rings. The highest BCUT2D eigenvalue weighted by molar-refractivity contribution is 7.91. The third-order valence-electron chi connectivity index (χ3n) is 4.65. The second kappa shape index (κ2) is 7.25. The number of ether oxygens (including phenoxy) is 1. The predicted octanol–water partition coefficient (Wildman–Crippen LogP) is 1.20. The van der Waals surface area contributed by atoms with E-state index in [0.29, 0.717) is 16.6 Å². The third-order valence-corrected chi connectivity index (χ3v) is 6.76. The molecule has 0 spiro atoms. The number of hydrogen-bond donors (Lipinski definition) is 1. The van der Waals surface area contributed by atoms with Crippen LogP contribution in [-0.4, -0.2) is 74.2 Å². The van der Waals surface area contributed by atoms with Crippen LogP contribution < -0.4 is 10.1 Å². The van der Waals surface area contributed by atoms with Gasteiger partial charge in [0.1, 0.15) is 5.75 Å². The van der Waals surface area contributed by atoms with Crippen molar-refractivity contribution in [3.05, 3.63) is 24.3 Å². The standard InChI is InChI=1S/C16H23N3O3S2/c1-22-15-4-2-3-13(11-15)17-16(23)19-8-6-18(7-9-19)14-5-10-24(20,21)12-14/h2-4,11,14H,5-10,12H2,1H3,(H,17,23)/t14-/m0/s1. The van der Waals surface area contributed by atoms with E-state index < -0.39 is 9.84 Å². The van der Waals surface area contributed by atoms with Crippen LogP contribution in [0, 0.1) is 0 Å². The molecular formula is C16H23N3O3S2. The molecule has 3 rings (SSSR count). The quantitative estimate of drug-likeness (QED) is 0.803. The number of methoxy groups -OCH3 is 1. The molecule has 6 nitrogen and oxygen atoms in total. The van der Waals surface area contributed by atoms with Crippen molar-refractivity contribution in [3.63, 3.8) is 0 Å². The van der Waals surface area contributed by atoms with Gasteiger partial charge in [-0.1, -0.05) is 6.07 Å². The first-order valence-corrected chi connectivity index (χ1v) is 10.3. The van der Waals surface area contributed by atoms with Gasteiger partial charge in [-0.2, -0.15) is 0 Å². The van der Waals surface area contributed by atoms with Crippen molar-refractivity contribution in [1.29, 1.82) is 0 Å². The molecule has 1 aromatic rings. The summed E-state index contributed by atoms with van der Waals surface area (Å²) in [4.78, 5) is 4.42. The Bertz CT molecular complexity index is 700. The predicted molar refractivity (Wildman–Crippen MR) is 99.4 cm³/mol. The molecule has 0 aromatic heterocycles. The summed E-state index contributed by atoms with van der Waals surface area (Å²) >= 11 is 5.50. The number of benzene rings is 1. The van der Waals surface area contributed by atoms with E-state index in [1.54, 1.807) is 7.11 Å². The molecule has 0 amide bonds. The highest BCUT2D eigenvalue weighted by atomic mass is 32.2. The number of anilines is 1. The van der Waals surface area contributed by atoms with Crippen LogP contribution in [0.2, 0.25) is 0 Å².